The van der Waals surface area contributed by atoms with Crippen LogP contribution < -0.4 is 14.4 Å². The second kappa shape index (κ2) is 12.2. The van der Waals surface area contributed by atoms with Gasteiger partial charge in [-0.25, -0.2) is 8.78 Å². The summed E-state index contributed by atoms with van der Waals surface area (Å²) in [4.78, 5) is 7.31. The first kappa shape index (κ1) is 28.4. The van der Waals surface area contributed by atoms with Gasteiger partial charge < -0.3 is 19.3 Å². The summed E-state index contributed by atoms with van der Waals surface area (Å²) in [7, 11) is 1.66. The van der Waals surface area contributed by atoms with Crippen molar-refractivity contribution in [2.24, 2.45) is 0 Å². The number of halogens is 3. The van der Waals surface area contributed by atoms with Crippen LogP contribution in [-0.2, 0) is 0 Å². The van der Waals surface area contributed by atoms with Gasteiger partial charge in [0.05, 0.1) is 18.7 Å². The zero-order valence-electron chi connectivity index (χ0n) is 23.5. The van der Waals surface area contributed by atoms with Crippen molar-refractivity contribution < 1.29 is 18.3 Å². The van der Waals surface area contributed by atoms with E-state index in [2.05, 4.69) is 52.8 Å². The first-order chi connectivity index (χ1) is 18.8. The van der Waals surface area contributed by atoms with Crippen LogP contribution in [0.2, 0.25) is 5.02 Å². The molecule has 3 fully saturated rings. The van der Waals surface area contributed by atoms with Crippen LogP contribution in [0.5, 0.6) is 11.5 Å². The Hall–Kier alpha value is -2.09. The van der Waals surface area contributed by atoms with Crippen molar-refractivity contribution in [3.05, 3.63) is 52.0 Å². The smallest absolute Gasteiger partial charge is 0.250 e. The molecule has 0 N–H and O–H groups in total. The van der Waals surface area contributed by atoms with Gasteiger partial charge in [-0.3, -0.25) is 4.90 Å². The molecule has 2 aromatic rings. The molecule has 0 aliphatic carbocycles. The number of methoxy groups -OCH3 is 1. The summed E-state index contributed by atoms with van der Waals surface area (Å²) in [5, 5.41) is 0.644. The first-order valence-electron chi connectivity index (χ1n) is 14.4. The van der Waals surface area contributed by atoms with Crippen LogP contribution in [0.4, 0.5) is 14.5 Å². The van der Waals surface area contributed by atoms with Crippen LogP contribution in [-0.4, -0.2) is 74.7 Å². The van der Waals surface area contributed by atoms with E-state index in [1.807, 2.05) is 6.07 Å². The highest BCUT2D eigenvalue weighted by Gasteiger charge is 2.37. The lowest BCUT2D eigenvalue weighted by molar-refractivity contribution is -0.0554. The molecule has 3 aliphatic rings. The van der Waals surface area contributed by atoms with Gasteiger partial charge in [0.25, 0.3) is 5.92 Å². The lowest BCUT2D eigenvalue weighted by atomic mass is 9.86. The number of anilines is 1. The van der Waals surface area contributed by atoms with Crippen molar-refractivity contribution in [1.82, 2.24) is 9.80 Å². The predicted molar refractivity (Wildman–Crippen MR) is 154 cm³/mol. The van der Waals surface area contributed by atoms with Gasteiger partial charge in [-0.15, -0.1) is 0 Å². The Bertz CT molecular complexity index is 1140. The molecule has 0 saturated carbocycles. The number of nitrogens with zero attached hydrogens (tertiary/aromatic N) is 3. The summed E-state index contributed by atoms with van der Waals surface area (Å²) in [6.45, 7) is 9.77. The highest BCUT2D eigenvalue weighted by Crippen LogP contribution is 2.40. The number of piperazine rings is 1. The molecule has 0 amide bonds. The zero-order chi connectivity index (χ0) is 27.6. The Morgan fingerprint density at radius 2 is 1.77 bits per heavy atom. The van der Waals surface area contributed by atoms with Crippen LogP contribution in [0.1, 0.15) is 61.3 Å². The quantitative estimate of drug-likeness (QED) is 0.328. The topological polar surface area (TPSA) is 28.2 Å². The highest BCUT2D eigenvalue weighted by atomic mass is 35.5. The minimum Gasteiger partial charge on any atom is -0.495 e. The molecule has 214 valence electrons. The average Bonchev–Trinajstić information content (AvgIpc) is 2.94. The number of benzene rings is 2. The third-order valence-corrected chi connectivity index (χ3v) is 9.36. The fourth-order valence-electron chi connectivity index (χ4n) is 6.57. The molecule has 0 unspecified atom stereocenters. The largest absolute Gasteiger partial charge is 0.495 e. The molecule has 3 heterocycles. The van der Waals surface area contributed by atoms with Crippen LogP contribution >= 0.6 is 11.6 Å². The van der Waals surface area contributed by atoms with Gasteiger partial charge >= 0.3 is 0 Å². The maximum atomic E-state index is 13.4. The third kappa shape index (κ3) is 6.47. The monoisotopic (exact) mass is 561 g/mol. The Balaban J connectivity index is 1.18. The van der Waals surface area contributed by atoms with Crippen molar-refractivity contribution in [1.29, 1.82) is 0 Å². The van der Waals surface area contributed by atoms with Crippen molar-refractivity contribution >= 4 is 17.3 Å². The SMILES string of the molecule is COc1cc(N2CCN3[C@@H](CCC[C@@H]3c3ccc(OCCCN4CCC(F)(F)CC4)c(C)c3C)C2)ccc1Cl. The summed E-state index contributed by atoms with van der Waals surface area (Å²) in [5.41, 5.74) is 5.12. The van der Waals surface area contributed by atoms with E-state index in [0.717, 1.165) is 44.1 Å². The first-order valence-corrected chi connectivity index (χ1v) is 14.8. The number of hydrogen-bond donors (Lipinski definition) is 0. The molecular formula is C31H42ClF2N3O2. The lowest BCUT2D eigenvalue weighted by Gasteiger charge is -2.49. The lowest BCUT2D eigenvalue weighted by Crippen LogP contribution is -2.56. The number of piperidine rings is 2. The van der Waals surface area contributed by atoms with Crippen molar-refractivity contribution in [3.8, 4) is 11.5 Å². The maximum Gasteiger partial charge on any atom is 0.250 e. The van der Waals surface area contributed by atoms with E-state index in [1.165, 1.54) is 41.6 Å². The van der Waals surface area contributed by atoms with Crippen molar-refractivity contribution in [2.75, 3.05) is 57.9 Å². The Labute approximate surface area is 237 Å². The van der Waals surface area contributed by atoms with Crippen LogP contribution in [0.25, 0.3) is 0 Å². The van der Waals surface area contributed by atoms with Gasteiger partial charge in [-0.2, -0.15) is 0 Å². The second-order valence-corrected chi connectivity index (χ2v) is 11.8. The molecular weight excluding hydrogens is 520 g/mol. The molecule has 3 aliphatic heterocycles. The van der Waals surface area contributed by atoms with Gasteiger partial charge in [0.2, 0.25) is 0 Å². The molecule has 0 spiro atoms. The van der Waals surface area contributed by atoms with Gasteiger partial charge in [0.15, 0.2) is 0 Å². The maximum absolute atomic E-state index is 13.4. The summed E-state index contributed by atoms with van der Waals surface area (Å²) in [6.07, 6.45) is 4.41. The summed E-state index contributed by atoms with van der Waals surface area (Å²) in [5.74, 6) is -0.821. The number of likely N-dealkylation sites (tertiary alicyclic amines) is 1. The zero-order valence-corrected chi connectivity index (χ0v) is 24.3. The standard InChI is InChI=1S/C31H42ClF2N3O2/c1-22-23(2)29(39-19-5-14-35-15-12-31(33,34)13-16-35)11-9-26(22)28-7-4-6-25-21-36(17-18-37(25)28)24-8-10-27(32)30(20-24)38-3/h8-11,20,25,28H,4-7,12-19,21H2,1-3H3/t25-,28+/m0/s1. The van der Waals surface area contributed by atoms with E-state index in [1.54, 1.807) is 7.11 Å². The number of fused-ring (bicyclic) bond motifs is 1. The fourth-order valence-corrected chi connectivity index (χ4v) is 6.77. The number of rotatable bonds is 8. The average molecular weight is 562 g/mol. The fraction of sp³-hybridized carbons (Fsp3) is 0.613. The van der Waals surface area contributed by atoms with E-state index in [4.69, 9.17) is 21.1 Å². The van der Waals surface area contributed by atoms with Gasteiger partial charge in [-0.05, 0) is 74.4 Å². The molecule has 2 atom stereocenters. The summed E-state index contributed by atoms with van der Waals surface area (Å²) in [6, 6.07) is 11.4. The molecule has 2 aromatic carbocycles. The van der Waals surface area contributed by atoms with Crippen LogP contribution in [0, 0.1) is 13.8 Å². The Kier molecular flexibility index (Phi) is 8.89. The van der Waals surface area contributed by atoms with E-state index in [0.29, 0.717) is 36.8 Å². The molecule has 0 aromatic heterocycles. The number of alkyl halides is 2. The van der Waals surface area contributed by atoms with Gasteiger partial charge in [-0.1, -0.05) is 17.7 Å². The molecule has 8 heteroatoms. The van der Waals surface area contributed by atoms with Gasteiger partial charge in [0, 0.05) is 75.9 Å². The summed E-state index contributed by atoms with van der Waals surface area (Å²) < 4.78 is 38.4. The highest BCUT2D eigenvalue weighted by molar-refractivity contribution is 6.32. The minimum absolute atomic E-state index is 0.0272. The number of hydrogen-bond acceptors (Lipinski definition) is 5. The molecule has 0 bridgehead atoms. The normalized spacial score (nSPS) is 23.9. The van der Waals surface area contributed by atoms with E-state index in [9.17, 15) is 8.78 Å². The van der Waals surface area contributed by atoms with Gasteiger partial charge in [0.1, 0.15) is 11.5 Å². The van der Waals surface area contributed by atoms with E-state index < -0.39 is 5.92 Å². The minimum atomic E-state index is -2.49. The molecule has 39 heavy (non-hydrogen) atoms. The molecule has 0 radical (unpaired) electrons. The van der Waals surface area contributed by atoms with E-state index in [-0.39, 0.29) is 12.8 Å². The van der Waals surface area contributed by atoms with Crippen LogP contribution in [0.3, 0.4) is 0 Å². The van der Waals surface area contributed by atoms with Crippen molar-refractivity contribution in [3.63, 3.8) is 0 Å². The Morgan fingerprint density at radius 1 is 0.974 bits per heavy atom. The molecule has 3 saturated heterocycles. The predicted octanol–water partition coefficient (Wildman–Crippen LogP) is 6.88. The summed E-state index contributed by atoms with van der Waals surface area (Å²) >= 11 is 6.26. The van der Waals surface area contributed by atoms with Crippen LogP contribution in [0.15, 0.2) is 30.3 Å². The second-order valence-electron chi connectivity index (χ2n) is 11.4. The molecule has 5 nitrogen and oxygen atoms in total. The van der Waals surface area contributed by atoms with E-state index >= 15 is 0 Å². The Morgan fingerprint density at radius 3 is 2.54 bits per heavy atom. The van der Waals surface area contributed by atoms with Crippen molar-refractivity contribution in [2.45, 2.75) is 70.4 Å². The number of ether oxygens (including phenoxy) is 2. The molecule has 5 rings (SSSR count). The third-order valence-electron chi connectivity index (χ3n) is 9.05.